The lowest BCUT2D eigenvalue weighted by Crippen LogP contribution is -2.06. The molecule has 26 heavy (non-hydrogen) atoms. The molecule has 1 aromatic carbocycles. The van der Waals surface area contributed by atoms with E-state index in [0.717, 1.165) is 5.56 Å². The molecule has 2 N–H and O–H groups in total. The first kappa shape index (κ1) is 17.3. The monoisotopic (exact) mass is 367 g/mol. The second kappa shape index (κ2) is 8.04. The second-order valence-electron chi connectivity index (χ2n) is 5.04. The predicted molar refractivity (Wildman–Crippen MR) is 98.1 cm³/mol. The van der Waals surface area contributed by atoms with Crippen molar-refractivity contribution >= 4 is 35.3 Å². The molecule has 3 aromatic rings. The number of ether oxygens (including phenoxy) is 1. The van der Waals surface area contributed by atoms with E-state index < -0.39 is 5.97 Å². The number of nitrogens with one attached hydrogen (secondary N) is 1. The summed E-state index contributed by atoms with van der Waals surface area (Å²) in [6.45, 7) is 0. The Bertz CT molecular complexity index is 920. The predicted octanol–water partition coefficient (Wildman–Crippen LogP) is 3.51. The zero-order chi connectivity index (χ0) is 18.4. The van der Waals surface area contributed by atoms with Crippen molar-refractivity contribution in [3.8, 4) is 5.75 Å². The molecule has 0 aliphatic heterocycles. The van der Waals surface area contributed by atoms with E-state index in [-0.39, 0.29) is 11.5 Å². The van der Waals surface area contributed by atoms with Crippen molar-refractivity contribution in [2.24, 2.45) is 5.10 Å². The van der Waals surface area contributed by atoms with Crippen LogP contribution in [0.3, 0.4) is 0 Å². The van der Waals surface area contributed by atoms with Gasteiger partial charge in [0.25, 0.3) is 0 Å². The van der Waals surface area contributed by atoms with Gasteiger partial charge in [-0.05, 0) is 53.4 Å². The summed E-state index contributed by atoms with van der Waals surface area (Å²) in [4.78, 5) is 27.1. The van der Waals surface area contributed by atoms with Crippen LogP contribution in [0.2, 0.25) is 0 Å². The first-order valence-electron chi connectivity index (χ1n) is 7.46. The Morgan fingerprint density at radius 3 is 2.58 bits per heavy atom. The molecule has 2 heterocycles. The number of rotatable bonds is 6. The van der Waals surface area contributed by atoms with Crippen LogP contribution in [0.4, 0.5) is 5.82 Å². The molecule has 0 aliphatic rings. The lowest BCUT2D eigenvalue weighted by molar-refractivity contribution is 0.0694. The summed E-state index contributed by atoms with van der Waals surface area (Å²) in [6.07, 6.45) is 2.81. The van der Waals surface area contributed by atoms with Gasteiger partial charge in [-0.1, -0.05) is 6.07 Å². The van der Waals surface area contributed by atoms with Gasteiger partial charge in [-0.2, -0.15) is 5.10 Å². The minimum Gasteiger partial charge on any atom is -0.478 e. The number of pyridine rings is 1. The maximum absolute atomic E-state index is 11.9. The third-order valence-electron chi connectivity index (χ3n) is 3.22. The number of esters is 1. The van der Waals surface area contributed by atoms with Gasteiger partial charge < -0.3 is 9.84 Å². The van der Waals surface area contributed by atoms with E-state index in [1.165, 1.54) is 29.7 Å². The summed E-state index contributed by atoms with van der Waals surface area (Å²) in [5.74, 6) is -0.557. The van der Waals surface area contributed by atoms with Crippen LogP contribution < -0.4 is 10.2 Å². The van der Waals surface area contributed by atoms with E-state index in [9.17, 15) is 9.59 Å². The zero-order valence-corrected chi connectivity index (χ0v) is 14.1. The molecule has 0 saturated carbocycles. The van der Waals surface area contributed by atoms with Crippen molar-refractivity contribution in [2.75, 3.05) is 5.43 Å². The van der Waals surface area contributed by atoms with E-state index in [0.29, 0.717) is 16.4 Å². The summed E-state index contributed by atoms with van der Waals surface area (Å²) in [7, 11) is 0. The van der Waals surface area contributed by atoms with Crippen LogP contribution in [0.25, 0.3) is 0 Å². The molecular weight excluding hydrogens is 354 g/mol. The van der Waals surface area contributed by atoms with Gasteiger partial charge in [-0.3, -0.25) is 5.43 Å². The molecule has 0 amide bonds. The molecule has 8 heteroatoms. The van der Waals surface area contributed by atoms with E-state index in [1.54, 1.807) is 42.6 Å². The molecule has 0 spiro atoms. The van der Waals surface area contributed by atoms with Crippen molar-refractivity contribution < 1.29 is 19.4 Å². The molecular formula is C18H13N3O4S. The Hall–Kier alpha value is -3.52. The molecule has 3 rings (SSSR count). The zero-order valence-electron chi connectivity index (χ0n) is 13.3. The van der Waals surface area contributed by atoms with Crippen molar-refractivity contribution in [3.05, 3.63) is 76.1 Å². The number of hydrogen-bond donors (Lipinski definition) is 2. The molecule has 2 aromatic heterocycles. The smallest absolute Gasteiger partial charge is 0.353 e. The Morgan fingerprint density at radius 1 is 1.15 bits per heavy atom. The van der Waals surface area contributed by atoms with Crippen molar-refractivity contribution in [3.63, 3.8) is 0 Å². The van der Waals surface area contributed by atoms with Crippen molar-refractivity contribution in [1.29, 1.82) is 0 Å². The van der Waals surface area contributed by atoms with Gasteiger partial charge in [0, 0.05) is 6.20 Å². The van der Waals surface area contributed by atoms with Crippen LogP contribution in [0.15, 0.2) is 65.2 Å². The Balaban J connectivity index is 1.56. The van der Waals surface area contributed by atoms with E-state index in [4.69, 9.17) is 9.84 Å². The second-order valence-corrected chi connectivity index (χ2v) is 5.99. The van der Waals surface area contributed by atoms with E-state index in [2.05, 4.69) is 15.5 Å². The molecule has 0 fully saturated rings. The van der Waals surface area contributed by atoms with Crippen LogP contribution in [0.5, 0.6) is 5.75 Å². The largest absolute Gasteiger partial charge is 0.478 e. The number of benzene rings is 1. The summed E-state index contributed by atoms with van der Waals surface area (Å²) in [5, 5.41) is 14.6. The third kappa shape index (κ3) is 4.52. The van der Waals surface area contributed by atoms with Crippen LogP contribution in [-0.4, -0.2) is 28.2 Å². The quantitative estimate of drug-likeness (QED) is 0.299. The maximum Gasteiger partial charge on any atom is 0.353 e. The minimum absolute atomic E-state index is 0.104. The van der Waals surface area contributed by atoms with Gasteiger partial charge in [0.05, 0.1) is 11.8 Å². The van der Waals surface area contributed by atoms with Crippen LogP contribution in [-0.2, 0) is 0 Å². The van der Waals surface area contributed by atoms with E-state index >= 15 is 0 Å². The van der Waals surface area contributed by atoms with Gasteiger partial charge in [0.1, 0.15) is 16.4 Å². The lowest BCUT2D eigenvalue weighted by atomic mass is 10.2. The Labute approximate surface area is 152 Å². The number of carboxylic acid groups (broad SMARTS) is 1. The van der Waals surface area contributed by atoms with Gasteiger partial charge in [-0.15, -0.1) is 11.3 Å². The number of hydrazone groups is 1. The van der Waals surface area contributed by atoms with Gasteiger partial charge >= 0.3 is 11.9 Å². The van der Waals surface area contributed by atoms with Crippen molar-refractivity contribution in [1.82, 2.24) is 4.98 Å². The average molecular weight is 367 g/mol. The first-order chi connectivity index (χ1) is 12.6. The van der Waals surface area contributed by atoms with E-state index in [1.807, 2.05) is 5.38 Å². The van der Waals surface area contributed by atoms with Crippen LogP contribution >= 0.6 is 11.3 Å². The number of carbonyl (C=O) groups excluding carboxylic acids is 1. The number of carboxylic acids is 1. The average Bonchev–Trinajstić information content (AvgIpc) is 3.18. The Morgan fingerprint density at radius 2 is 1.96 bits per heavy atom. The highest BCUT2D eigenvalue weighted by atomic mass is 32.1. The number of aromatic nitrogens is 1. The fourth-order valence-corrected chi connectivity index (χ4v) is 2.53. The molecule has 0 unspecified atom stereocenters. The normalized spacial score (nSPS) is 10.6. The molecule has 0 radical (unpaired) electrons. The van der Waals surface area contributed by atoms with Gasteiger partial charge in [0.15, 0.2) is 0 Å². The van der Waals surface area contributed by atoms with Gasteiger partial charge in [0.2, 0.25) is 0 Å². The van der Waals surface area contributed by atoms with Gasteiger partial charge in [-0.25, -0.2) is 14.6 Å². The molecule has 0 aliphatic carbocycles. The fourth-order valence-electron chi connectivity index (χ4n) is 1.93. The minimum atomic E-state index is -1.03. The fraction of sp³-hybridized carbons (Fsp3) is 0. The number of anilines is 1. The molecule has 0 bridgehead atoms. The van der Waals surface area contributed by atoms with Crippen LogP contribution in [0.1, 0.15) is 25.6 Å². The Kier molecular flexibility index (Phi) is 5.35. The highest BCUT2D eigenvalue weighted by Gasteiger charge is 2.08. The maximum atomic E-state index is 11.9. The highest BCUT2D eigenvalue weighted by Crippen LogP contribution is 2.16. The highest BCUT2D eigenvalue weighted by molar-refractivity contribution is 7.12. The van der Waals surface area contributed by atoms with Crippen molar-refractivity contribution in [2.45, 2.75) is 0 Å². The SMILES string of the molecule is O=C(O)c1ccc(N/N=C/c2ccc(OC(=O)c3cccs3)cc2)nc1. The molecule has 130 valence electrons. The first-order valence-corrected chi connectivity index (χ1v) is 8.34. The molecule has 0 atom stereocenters. The number of thiophene rings is 1. The van der Waals surface area contributed by atoms with Crippen LogP contribution in [0, 0.1) is 0 Å². The number of hydrogen-bond acceptors (Lipinski definition) is 7. The third-order valence-corrected chi connectivity index (χ3v) is 4.07. The summed E-state index contributed by atoms with van der Waals surface area (Å²) < 4.78 is 5.27. The summed E-state index contributed by atoms with van der Waals surface area (Å²) >= 11 is 1.32. The number of aromatic carboxylic acids is 1. The number of nitrogens with zero attached hydrogens (tertiary/aromatic N) is 2. The lowest BCUT2D eigenvalue weighted by Gasteiger charge is -2.03. The summed E-state index contributed by atoms with van der Waals surface area (Å²) in [6, 6.07) is 13.3. The number of carbonyl (C=O) groups is 2. The molecule has 7 nitrogen and oxygen atoms in total. The summed E-state index contributed by atoms with van der Waals surface area (Å²) in [5.41, 5.74) is 3.60. The topological polar surface area (TPSA) is 101 Å². The standard InChI is InChI=1S/C18H13N3O4S/c22-17(23)13-5-8-16(19-11-13)21-20-10-12-3-6-14(7-4-12)25-18(24)15-2-1-9-26-15/h1-11H,(H,19,21)(H,22,23)/b20-10+. The molecule has 0 saturated heterocycles.